The van der Waals surface area contributed by atoms with Gasteiger partial charge in [-0.25, -0.2) is 0 Å². The lowest BCUT2D eigenvalue weighted by molar-refractivity contribution is 0.0646. The van der Waals surface area contributed by atoms with Crippen LogP contribution in [0.2, 0.25) is 0 Å². The molecule has 1 aromatic carbocycles. The van der Waals surface area contributed by atoms with Gasteiger partial charge in [0, 0.05) is 33.2 Å². The van der Waals surface area contributed by atoms with Crippen LogP contribution in [0.3, 0.4) is 0 Å². The zero-order valence-electron chi connectivity index (χ0n) is 16.7. The van der Waals surface area contributed by atoms with Gasteiger partial charge < -0.3 is 19.9 Å². The largest absolute Gasteiger partial charge is 0.374 e. The first kappa shape index (κ1) is 22.6. The summed E-state index contributed by atoms with van der Waals surface area (Å²) in [5, 5.41) is 15.2. The SMILES string of the molecule is CN=C(NCCCOC(C)c1ccccc1)NCc1nnc2n1CCCC2.I. The highest BCUT2D eigenvalue weighted by Crippen LogP contribution is 2.16. The standard InChI is InChI=1S/C20H30N6O.HI/c1-16(17-9-4-3-5-10-17)27-14-8-12-22-20(21-2)23-15-19-25-24-18-11-6-7-13-26(18)19;/h3-5,9-10,16H,6-8,11-15H2,1-2H3,(H2,21,22,23);1H. The van der Waals surface area contributed by atoms with Crippen LogP contribution in [0.25, 0.3) is 0 Å². The molecule has 28 heavy (non-hydrogen) atoms. The summed E-state index contributed by atoms with van der Waals surface area (Å²) in [6, 6.07) is 10.3. The van der Waals surface area contributed by atoms with Crippen molar-refractivity contribution in [1.82, 2.24) is 25.4 Å². The monoisotopic (exact) mass is 498 g/mol. The zero-order valence-corrected chi connectivity index (χ0v) is 19.1. The van der Waals surface area contributed by atoms with Gasteiger partial charge in [0.15, 0.2) is 11.8 Å². The average Bonchev–Trinajstić information content (AvgIpc) is 3.13. The van der Waals surface area contributed by atoms with Crippen molar-refractivity contribution in [3.05, 3.63) is 47.5 Å². The van der Waals surface area contributed by atoms with Crippen LogP contribution >= 0.6 is 24.0 Å². The third-order valence-corrected chi connectivity index (χ3v) is 4.82. The van der Waals surface area contributed by atoms with Gasteiger partial charge in [-0.3, -0.25) is 4.99 Å². The number of halogens is 1. The molecule has 1 atom stereocenters. The molecular formula is C20H31IN6O. The molecule has 0 saturated heterocycles. The molecule has 7 nitrogen and oxygen atoms in total. The smallest absolute Gasteiger partial charge is 0.191 e. The van der Waals surface area contributed by atoms with E-state index < -0.39 is 0 Å². The lowest BCUT2D eigenvalue weighted by Crippen LogP contribution is -2.38. The fourth-order valence-corrected chi connectivity index (χ4v) is 3.24. The van der Waals surface area contributed by atoms with Gasteiger partial charge in [-0.15, -0.1) is 34.2 Å². The Bertz CT molecular complexity index is 734. The number of guanidine groups is 1. The fourth-order valence-electron chi connectivity index (χ4n) is 3.24. The predicted octanol–water partition coefficient (Wildman–Crippen LogP) is 3.07. The van der Waals surface area contributed by atoms with Crippen LogP contribution in [0.4, 0.5) is 0 Å². The molecule has 0 radical (unpaired) electrons. The van der Waals surface area contributed by atoms with Crippen molar-refractivity contribution >= 4 is 29.9 Å². The summed E-state index contributed by atoms with van der Waals surface area (Å²) in [7, 11) is 1.78. The quantitative estimate of drug-likeness (QED) is 0.253. The van der Waals surface area contributed by atoms with Crippen molar-refractivity contribution in [2.24, 2.45) is 4.99 Å². The van der Waals surface area contributed by atoms with Crippen molar-refractivity contribution in [2.75, 3.05) is 20.2 Å². The number of ether oxygens (including phenoxy) is 1. The Balaban J connectivity index is 0.00000280. The fraction of sp³-hybridized carbons (Fsp3) is 0.550. The van der Waals surface area contributed by atoms with Crippen LogP contribution in [0, 0.1) is 0 Å². The number of aliphatic imine (C=N–C) groups is 1. The van der Waals surface area contributed by atoms with Crippen LogP contribution in [0.5, 0.6) is 0 Å². The number of aryl methyl sites for hydroxylation is 1. The molecule has 0 bridgehead atoms. The minimum atomic E-state index is 0. The Hall–Kier alpha value is -1.68. The maximum Gasteiger partial charge on any atom is 0.191 e. The van der Waals surface area contributed by atoms with Gasteiger partial charge in [-0.05, 0) is 31.7 Å². The van der Waals surface area contributed by atoms with Crippen LogP contribution in [0.1, 0.15) is 49.5 Å². The predicted molar refractivity (Wildman–Crippen MR) is 122 cm³/mol. The van der Waals surface area contributed by atoms with Gasteiger partial charge in [-0.2, -0.15) is 0 Å². The first-order chi connectivity index (χ1) is 13.3. The van der Waals surface area contributed by atoms with Crippen molar-refractivity contribution in [3.63, 3.8) is 0 Å². The van der Waals surface area contributed by atoms with E-state index in [0.717, 1.165) is 43.5 Å². The van der Waals surface area contributed by atoms with Gasteiger partial charge >= 0.3 is 0 Å². The van der Waals surface area contributed by atoms with E-state index in [1.54, 1.807) is 7.05 Å². The Morgan fingerprint density at radius 3 is 2.82 bits per heavy atom. The molecule has 1 aromatic heterocycles. The van der Waals surface area contributed by atoms with Crippen LogP contribution in [-0.2, 0) is 24.2 Å². The molecule has 0 spiro atoms. The average molecular weight is 498 g/mol. The van der Waals surface area contributed by atoms with Gasteiger partial charge in [0.2, 0.25) is 0 Å². The van der Waals surface area contributed by atoms with Crippen molar-refractivity contribution in [2.45, 2.75) is 51.8 Å². The van der Waals surface area contributed by atoms with E-state index in [9.17, 15) is 0 Å². The molecule has 0 saturated carbocycles. The van der Waals surface area contributed by atoms with Crippen molar-refractivity contribution in [3.8, 4) is 0 Å². The molecule has 0 amide bonds. The third kappa shape index (κ3) is 6.44. The summed E-state index contributed by atoms with van der Waals surface area (Å²) in [4.78, 5) is 4.28. The summed E-state index contributed by atoms with van der Waals surface area (Å²) >= 11 is 0. The minimum absolute atomic E-state index is 0. The second-order valence-electron chi connectivity index (χ2n) is 6.77. The van der Waals surface area contributed by atoms with E-state index in [-0.39, 0.29) is 30.1 Å². The normalized spacial score (nSPS) is 14.7. The second kappa shape index (κ2) is 12.0. The first-order valence-corrected chi connectivity index (χ1v) is 9.80. The Kier molecular flexibility index (Phi) is 9.69. The number of fused-ring (bicyclic) bond motifs is 1. The summed E-state index contributed by atoms with van der Waals surface area (Å²) in [6.45, 7) is 5.25. The summed E-state index contributed by atoms with van der Waals surface area (Å²) in [5.74, 6) is 2.86. The summed E-state index contributed by atoms with van der Waals surface area (Å²) in [6.07, 6.45) is 4.47. The van der Waals surface area contributed by atoms with E-state index in [2.05, 4.69) is 49.4 Å². The molecule has 1 aliphatic rings. The topological polar surface area (TPSA) is 76.4 Å². The number of aromatic nitrogens is 3. The van der Waals surface area contributed by atoms with E-state index in [1.807, 2.05) is 18.2 Å². The molecule has 1 unspecified atom stereocenters. The lowest BCUT2D eigenvalue weighted by atomic mass is 10.1. The van der Waals surface area contributed by atoms with Crippen LogP contribution in [-0.4, -0.2) is 40.9 Å². The van der Waals surface area contributed by atoms with Gasteiger partial charge in [-0.1, -0.05) is 30.3 Å². The molecule has 2 N–H and O–H groups in total. The van der Waals surface area contributed by atoms with Crippen molar-refractivity contribution < 1.29 is 4.74 Å². The maximum absolute atomic E-state index is 5.90. The zero-order chi connectivity index (χ0) is 18.9. The summed E-state index contributed by atoms with van der Waals surface area (Å²) in [5.41, 5.74) is 1.21. The van der Waals surface area contributed by atoms with Gasteiger partial charge in [0.25, 0.3) is 0 Å². The molecule has 0 aliphatic carbocycles. The Labute approximate surface area is 184 Å². The number of rotatable bonds is 8. The molecule has 0 fully saturated rings. The van der Waals surface area contributed by atoms with Crippen LogP contribution < -0.4 is 10.6 Å². The number of benzene rings is 1. The molecule has 1 aliphatic heterocycles. The highest BCUT2D eigenvalue weighted by Gasteiger charge is 2.15. The number of nitrogens with one attached hydrogen (secondary N) is 2. The molecule has 2 heterocycles. The van der Waals surface area contributed by atoms with E-state index in [4.69, 9.17) is 4.74 Å². The Morgan fingerprint density at radius 2 is 2.04 bits per heavy atom. The Morgan fingerprint density at radius 1 is 1.21 bits per heavy atom. The molecular weight excluding hydrogens is 467 g/mol. The maximum atomic E-state index is 5.90. The van der Waals surface area contributed by atoms with Gasteiger partial charge in [0.05, 0.1) is 12.6 Å². The van der Waals surface area contributed by atoms with Gasteiger partial charge in [0.1, 0.15) is 5.82 Å². The number of nitrogens with zero attached hydrogens (tertiary/aromatic N) is 4. The third-order valence-electron chi connectivity index (χ3n) is 4.82. The highest BCUT2D eigenvalue weighted by atomic mass is 127. The second-order valence-corrected chi connectivity index (χ2v) is 6.77. The number of hydrogen-bond acceptors (Lipinski definition) is 4. The molecule has 3 rings (SSSR count). The molecule has 8 heteroatoms. The lowest BCUT2D eigenvalue weighted by Gasteiger charge is -2.16. The van der Waals surface area contributed by atoms with E-state index in [0.29, 0.717) is 13.2 Å². The highest BCUT2D eigenvalue weighted by molar-refractivity contribution is 14.0. The minimum Gasteiger partial charge on any atom is -0.374 e. The molecule has 2 aromatic rings. The summed E-state index contributed by atoms with van der Waals surface area (Å²) < 4.78 is 8.13. The first-order valence-electron chi connectivity index (χ1n) is 9.80. The number of hydrogen-bond donors (Lipinski definition) is 2. The van der Waals surface area contributed by atoms with E-state index in [1.165, 1.54) is 18.4 Å². The van der Waals surface area contributed by atoms with E-state index >= 15 is 0 Å². The van der Waals surface area contributed by atoms with Crippen LogP contribution in [0.15, 0.2) is 35.3 Å². The molecule has 154 valence electrons. The van der Waals surface area contributed by atoms with Crippen molar-refractivity contribution in [1.29, 1.82) is 0 Å².